The fraction of sp³-hybridized carbons (Fsp3) is 0.353. The highest BCUT2D eigenvalue weighted by molar-refractivity contribution is 5.78. The van der Waals surface area contributed by atoms with Gasteiger partial charge in [-0.1, -0.05) is 0 Å². The molecule has 10 nitrogen and oxygen atoms in total. The monoisotopic (exact) mass is 394 g/mol. The number of nitrogens with one attached hydrogen (secondary N) is 1. The van der Waals surface area contributed by atoms with Crippen LogP contribution in [0.5, 0.6) is 5.75 Å². The van der Waals surface area contributed by atoms with Crippen LogP contribution in [0.25, 0.3) is 0 Å². The normalized spacial score (nSPS) is 11.7. The molecule has 1 amide bonds. The van der Waals surface area contributed by atoms with E-state index < -0.39 is 28.7 Å². The number of aliphatic carboxylic acids is 1. The molecular formula is C17H19FN4O6. The molecule has 1 unspecified atom stereocenters. The Morgan fingerprint density at radius 2 is 2.00 bits per heavy atom. The summed E-state index contributed by atoms with van der Waals surface area (Å²) in [7, 11) is 0. The van der Waals surface area contributed by atoms with Crippen molar-refractivity contribution in [3.05, 3.63) is 51.6 Å². The molecule has 28 heavy (non-hydrogen) atoms. The lowest BCUT2D eigenvalue weighted by molar-refractivity contribution is -0.386. The molecule has 0 aliphatic rings. The molecule has 1 atom stereocenters. The maximum Gasteiger partial charge on any atom is 0.346 e. The van der Waals surface area contributed by atoms with Crippen molar-refractivity contribution in [3.63, 3.8) is 0 Å². The molecule has 0 saturated heterocycles. The molecule has 2 rings (SSSR count). The van der Waals surface area contributed by atoms with Crippen LogP contribution >= 0.6 is 0 Å². The summed E-state index contributed by atoms with van der Waals surface area (Å²) < 4.78 is 19.5. The minimum Gasteiger partial charge on any atom is -0.478 e. The Morgan fingerprint density at radius 1 is 1.36 bits per heavy atom. The van der Waals surface area contributed by atoms with Crippen LogP contribution < -0.4 is 10.1 Å². The minimum atomic E-state index is -1.36. The topological polar surface area (TPSA) is 137 Å². The van der Waals surface area contributed by atoms with Crippen LogP contribution in [0, 0.1) is 29.8 Å². The Kier molecular flexibility index (Phi) is 6.64. The van der Waals surface area contributed by atoms with Gasteiger partial charge < -0.3 is 15.2 Å². The molecule has 0 spiro atoms. The number of rotatable bonds is 9. The number of carbonyl (C=O) groups is 2. The van der Waals surface area contributed by atoms with Gasteiger partial charge in [0.25, 0.3) is 0 Å². The third-order valence-electron chi connectivity index (χ3n) is 3.93. The fourth-order valence-electron chi connectivity index (χ4n) is 2.53. The van der Waals surface area contributed by atoms with E-state index in [0.717, 1.165) is 12.1 Å². The number of halogens is 1. The lowest BCUT2D eigenvalue weighted by Gasteiger charge is -2.16. The van der Waals surface area contributed by atoms with Gasteiger partial charge in [-0.3, -0.25) is 19.6 Å². The number of benzene rings is 1. The number of carbonyl (C=O) groups excluding carboxylic acids is 1. The number of aromatic nitrogens is 2. The van der Waals surface area contributed by atoms with Gasteiger partial charge >= 0.3 is 11.7 Å². The van der Waals surface area contributed by atoms with Gasteiger partial charge in [0.2, 0.25) is 12.0 Å². The lowest BCUT2D eigenvalue weighted by Crippen LogP contribution is -2.40. The number of nitrogens with zero attached hydrogens (tertiary/aromatic N) is 3. The third-order valence-corrected chi connectivity index (χ3v) is 3.93. The quantitative estimate of drug-likeness (QED) is 0.487. The summed E-state index contributed by atoms with van der Waals surface area (Å²) in [6.07, 6.45) is -1.41. The van der Waals surface area contributed by atoms with Crippen LogP contribution in [0.15, 0.2) is 24.3 Å². The van der Waals surface area contributed by atoms with Crippen molar-refractivity contribution < 1.29 is 28.7 Å². The van der Waals surface area contributed by atoms with E-state index >= 15 is 0 Å². The molecule has 2 N–H and O–H groups in total. The zero-order valence-electron chi connectivity index (χ0n) is 15.2. The van der Waals surface area contributed by atoms with Crippen molar-refractivity contribution in [1.29, 1.82) is 0 Å². The standard InChI is InChI=1S/C17H19FN4O6/c1-10-16(22(26)27)11(2)21(20-10)8-7-15(23)19-9-14(17(24)25)28-13-5-3-12(18)4-6-13/h3-6,14H,7-9H2,1-2H3,(H,19,23)(H,24,25). The molecule has 0 aliphatic heterocycles. The van der Waals surface area contributed by atoms with Crippen molar-refractivity contribution in [2.45, 2.75) is 32.9 Å². The van der Waals surface area contributed by atoms with Crippen LogP contribution in [-0.4, -0.2) is 44.3 Å². The first-order valence-electron chi connectivity index (χ1n) is 8.29. The molecule has 0 bridgehead atoms. The van der Waals surface area contributed by atoms with E-state index in [1.54, 1.807) is 0 Å². The number of ether oxygens (including phenoxy) is 1. The summed E-state index contributed by atoms with van der Waals surface area (Å²) in [6.45, 7) is 2.84. The van der Waals surface area contributed by atoms with E-state index in [0.29, 0.717) is 5.69 Å². The summed E-state index contributed by atoms with van der Waals surface area (Å²) in [5, 5.41) is 26.7. The number of carboxylic acids is 1. The molecule has 1 aromatic carbocycles. The largest absolute Gasteiger partial charge is 0.478 e. The predicted molar refractivity (Wildman–Crippen MR) is 94.4 cm³/mol. The minimum absolute atomic E-state index is 0.0536. The number of hydrogen-bond donors (Lipinski definition) is 2. The van der Waals surface area contributed by atoms with Crippen molar-refractivity contribution in [2.24, 2.45) is 0 Å². The van der Waals surface area contributed by atoms with E-state index in [2.05, 4.69) is 10.4 Å². The smallest absolute Gasteiger partial charge is 0.346 e. The van der Waals surface area contributed by atoms with Gasteiger partial charge in [0.1, 0.15) is 23.0 Å². The number of amides is 1. The Labute approximate surface area is 159 Å². The van der Waals surface area contributed by atoms with E-state index in [4.69, 9.17) is 4.74 Å². The highest BCUT2D eigenvalue weighted by Gasteiger charge is 2.23. The van der Waals surface area contributed by atoms with Gasteiger partial charge in [-0.15, -0.1) is 0 Å². The van der Waals surface area contributed by atoms with Crippen molar-refractivity contribution >= 4 is 17.6 Å². The molecule has 0 fully saturated rings. The Bertz CT molecular complexity index is 881. The van der Waals surface area contributed by atoms with E-state index in [1.165, 1.54) is 30.7 Å². The second-order valence-electron chi connectivity index (χ2n) is 5.95. The molecule has 1 heterocycles. The van der Waals surface area contributed by atoms with Gasteiger partial charge in [0, 0.05) is 6.42 Å². The van der Waals surface area contributed by atoms with E-state index in [9.17, 15) is 29.2 Å². The zero-order valence-corrected chi connectivity index (χ0v) is 15.2. The van der Waals surface area contributed by atoms with Crippen LogP contribution in [-0.2, 0) is 16.1 Å². The second-order valence-corrected chi connectivity index (χ2v) is 5.95. The molecular weight excluding hydrogens is 375 g/mol. The van der Waals surface area contributed by atoms with Gasteiger partial charge in [-0.05, 0) is 38.1 Å². The predicted octanol–water partition coefficient (Wildman–Crippen LogP) is 1.59. The molecule has 2 aromatic rings. The molecule has 150 valence electrons. The summed E-state index contributed by atoms with van der Waals surface area (Å²) in [4.78, 5) is 33.7. The summed E-state index contributed by atoms with van der Waals surface area (Å²) in [5.41, 5.74) is 0.485. The lowest BCUT2D eigenvalue weighted by atomic mass is 10.3. The van der Waals surface area contributed by atoms with Crippen LogP contribution in [0.3, 0.4) is 0 Å². The number of nitro groups is 1. The average molecular weight is 394 g/mol. The van der Waals surface area contributed by atoms with Crippen molar-refractivity contribution in [3.8, 4) is 5.75 Å². The van der Waals surface area contributed by atoms with E-state index in [1.807, 2.05) is 0 Å². The summed E-state index contributed by atoms with van der Waals surface area (Å²) in [5.74, 6) is -2.10. The summed E-state index contributed by atoms with van der Waals surface area (Å²) in [6, 6.07) is 4.81. The maximum atomic E-state index is 12.9. The number of hydrogen-bond acceptors (Lipinski definition) is 6. The third kappa shape index (κ3) is 5.25. The highest BCUT2D eigenvalue weighted by Crippen LogP contribution is 2.21. The fourth-order valence-corrected chi connectivity index (χ4v) is 2.53. The first-order chi connectivity index (χ1) is 13.2. The molecule has 0 radical (unpaired) electrons. The number of aryl methyl sites for hydroxylation is 2. The molecule has 0 saturated carbocycles. The molecule has 0 aliphatic carbocycles. The Balaban J connectivity index is 1.89. The van der Waals surface area contributed by atoms with Gasteiger partial charge in [-0.2, -0.15) is 5.10 Å². The first kappa shape index (κ1) is 20.8. The molecule has 1 aromatic heterocycles. The Morgan fingerprint density at radius 3 is 2.54 bits per heavy atom. The first-order valence-corrected chi connectivity index (χ1v) is 8.29. The van der Waals surface area contributed by atoms with Crippen LogP contribution in [0.4, 0.5) is 10.1 Å². The second kappa shape index (κ2) is 8.93. The van der Waals surface area contributed by atoms with Crippen LogP contribution in [0.1, 0.15) is 17.8 Å². The maximum absolute atomic E-state index is 12.9. The van der Waals surface area contributed by atoms with Gasteiger partial charge in [0.15, 0.2) is 0 Å². The Hall–Kier alpha value is -3.50. The highest BCUT2D eigenvalue weighted by atomic mass is 19.1. The van der Waals surface area contributed by atoms with Crippen molar-refractivity contribution in [2.75, 3.05) is 6.54 Å². The summed E-state index contributed by atoms with van der Waals surface area (Å²) >= 11 is 0. The van der Waals surface area contributed by atoms with Gasteiger partial charge in [0.05, 0.1) is 18.0 Å². The van der Waals surface area contributed by atoms with E-state index in [-0.39, 0.29) is 36.6 Å². The molecule has 11 heteroatoms. The van der Waals surface area contributed by atoms with Gasteiger partial charge in [-0.25, -0.2) is 9.18 Å². The number of carboxylic acid groups (broad SMARTS) is 1. The SMILES string of the molecule is Cc1nn(CCC(=O)NCC(Oc2ccc(F)cc2)C(=O)O)c(C)c1[N+](=O)[O-]. The van der Waals surface area contributed by atoms with Crippen LogP contribution in [0.2, 0.25) is 0 Å². The average Bonchev–Trinajstić information content (AvgIpc) is 2.91. The zero-order chi connectivity index (χ0) is 20.8. The van der Waals surface area contributed by atoms with Crippen molar-refractivity contribution in [1.82, 2.24) is 15.1 Å².